The normalized spacial score (nSPS) is 11.3. The lowest BCUT2D eigenvalue weighted by Crippen LogP contribution is -2.29. The van der Waals surface area contributed by atoms with Crippen LogP contribution in [0.5, 0.6) is 0 Å². The van der Waals surface area contributed by atoms with E-state index in [0.29, 0.717) is 0 Å². The van der Waals surface area contributed by atoms with E-state index in [2.05, 4.69) is 36.7 Å². The zero-order chi connectivity index (χ0) is 13.5. The lowest BCUT2D eigenvalue weighted by molar-refractivity contribution is 0.425. The summed E-state index contributed by atoms with van der Waals surface area (Å²) in [4.78, 5) is 0. The van der Waals surface area contributed by atoms with Crippen molar-refractivity contribution in [1.29, 1.82) is 0 Å². The van der Waals surface area contributed by atoms with Gasteiger partial charge in [-0.2, -0.15) is 0 Å². The van der Waals surface area contributed by atoms with E-state index < -0.39 is 0 Å². The van der Waals surface area contributed by atoms with Gasteiger partial charge in [-0.05, 0) is 58.4 Å². The van der Waals surface area contributed by atoms with Crippen molar-refractivity contribution < 1.29 is 0 Å². The fourth-order valence-corrected chi connectivity index (χ4v) is 2.27. The van der Waals surface area contributed by atoms with E-state index in [1.807, 2.05) is 0 Å². The molecule has 0 bridgehead atoms. The smallest absolute Gasteiger partial charge is 0.00669 e. The molecule has 0 heterocycles. The molecule has 0 amide bonds. The van der Waals surface area contributed by atoms with Crippen LogP contribution in [-0.2, 0) is 0 Å². The van der Waals surface area contributed by atoms with Crippen molar-refractivity contribution in [3.8, 4) is 0 Å². The van der Waals surface area contributed by atoms with Gasteiger partial charge in [0.25, 0.3) is 0 Å². The minimum atomic E-state index is 0.734. The molecule has 0 radical (unpaired) electrons. The van der Waals surface area contributed by atoms with Crippen LogP contribution >= 0.6 is 0 Å². The molecule has 18 heavy (non-hydrogen) atoms. The van der Waals surface area contributed by atoms with Crippen molar-refractivity contribution in [3.05, 3.63) is 0 Å². The van der Waals surface area contributed by atoms with Crippen molar-refractivity contribution in [3.63, 3.8) is 0 Å². The second-order valence-electron chi connectivity index (χ2n) is 4.95. The Bertz CT molecular complexity index is 137. The van der Waals surface area contributed by atoms with E-state index in [4.69, 9.17) is 0 Å². The molecule has 0 saturated heterocycles. The number of hydrogen-bond acceptors (Lipinski definition) is 3. The molecular weight excluding hydrogens is 222 g/mol. The molecule has 0 aliphatic rings. The molecule has 0 aromatic heterocycles. The summed E-state index contributed by atoms with van der Waals surface area (Å²) in [6.07, 6.45) is 7.98. The predicted molar refractivity (Wildman–Crippen MR) is 82.3 cm³/mol. The van der Waals surface area contributed by atoms with E-state index in [-0.39, 0.29) is 0 Å². The highest BCUT2D eigenvalue weighted by molar-refractivity contribution is 4.67. The lowest BCUT2D eigenvalue weighted by Gasteiger charge is -2.17. The molecule has 3 heteroatoms. The minimum Gasteiger partial charge on any atom is -0.317 e. The monoisotopic (exact) mass is 257 g/mol. The van der Waals surface area contributed by atoms with Crippen LogP contribution in [0.4, 0.5) is 0 Å². The molecule has 0 unspecified atom stereocenters. The molecule has 0 aromatic rings. The Balaban J connectivity index is 3.45. The quantitative estimate of drug-likeness (QED) is 0.419. The van der Waals surface area contributed by atoms with E-state index in [9.17, 15) is 0 Å². The van der Waals surface area contributed by atoms with Gasteiger partial charge in [-0.1, -0.05) is 33.6 Å². The first-order chi connectivity index (χ1) is 8.85. The lowest BCUT2D eigenvalue weighted by atomic mass is 10.0. The first-order valence-corrected chi connectivity index (χ1v) is 7.99. The van der Waals surface area contributed by atoms with Gasteiger partial charge in [0.2, 0.25) is 0 Å². The largest absolute Gasteiger partial charge is 0.317 e. The average molecular weight is 257 g/mol. The van der Waals surface area contributed by atoms with Crippen LogP contribution in [0.2, 0.25) is 0 Å². The standard InChI is InChI=1S/C15H35N3/c1-4-16-13-9-7-11-15(18-6-3)12-8-10-14-17-5-2/h15-18H,4-14H2,1-3H3. The summed E-state index contributed by atoms with van der Waals surface area (Å²) in [6.45, 7) is 12.2. The first-order valence-electron chi connectivity index (χ1n) is 7.99. The molecule has 0 aliphatic carbocycles. The van der Waals surface area contributed by atoms with Crippen LogP contribution in [0, 0.1) is 0 Å². The third kappa shape index (κ3) is 12.3. The Labute approximate surface area is 114 Å². The summed E-state index contributed by atoms with van der Waals surface area (Å²) in [5.74, 6) is 0. The molecule has 3 nitrogen and oxygen atoms in total. The molecule has 110 valence electrons. The fraction of sp³-hybridized carbons (Fsp3) is 1.00. The van der Waals surface area contributed by atoms with Gasteiger partial charge >= 0.3 is 0 Å². The summed E-state index contributed by atoms with van der Waals surface area (Å²) in [5, 5.41) is 10.4. The van der Waals surface area contributed by atoms with E-state index in [1.54, 1.807) is 0 Å². The van der Waals surface area contributed by atoms with E-state index in [0.717, 1.165) is 25.7 Å². The number of unbranched alkanes of at least 4 members (excludes halogenated alkanes) is 2. The maximum absolute atomic E-state index is 3.62. The molecule has 0 atom stereocenters. The average Bonchev–Trinajstić information content (AvgIpc) is 2.38. The predicted octanol–water partition coefficient (Wildman–Crippen LogP) is 2.52. The summed E-state index contributed by atoms with van der Waals surface area (Å²) < 4.78 is 0. The zero-order valence-electron chi connectivity index (χ0n) is 12.9. The molecule has 3 N–H and O–H groups in total. The van der Waals surface area contributed by atoms with Crippen LogP contribution in [0.1, 0.15) is 59.3 Å². The number of hydrogen-bond donors (Lipinski definition) is 3. The van der Waals surface area contributed by atoms with Crippen molar-refractivity contribution in [2.45, 2.75) is 65.3 Å². The number of rotatable bonds is 14. The Morgan fingerprint density at radius 3 is 1.56 bits per heavy atom. The minimum absolute atomic E-state index is 0.734. The van der Waals surface area contributed by atoms with Gasteiger partial charge in [-0.3, -0.25) is 0 Å². The Kier molecular flexibility index (Phi) is 14.8. The maximum atomic E-state index is 3.62. The van der Waals surface area contributed by atoms with Crippen LogP contribution in [0.25, 0.3) is 0 Å². The van der Waals surface area contributed by atoms with Crippen LogP contribution in [0.3, 0.4) is 0 Å². The molecule has 0 rings (SSSR count). The van der Waals surface area contributed by atoms with Gasteiger partial charge in [-0.15, -0.1) is 0 Å². The summed E-state index contributed by atoms with van der Waals surface area (Å²) >= 11 is 0. The second-order valence-corrected chi connectivity index (χ2v) is 4.95. The van der Waals surface area contributed by atoms with E-state index in [1.165, 1.54) is 51.6 Å². The van der Waals surface area contributed by atoms with E-state index >= 15 is 0 Å². The maximum Gasteiger partial charge on any atom is 0.00669 e. The highest BCUT2D eigenvalue weighted by Crippen LogP contribution is 2.08. The van der Waals surface area contributed by atoms with Crippen molar-refractivity contribution in [1.82, 2.24) is 16.0 Å². The molecular formula is C15H35N3. The van der Waals surface area contributed by atoms with Gasteiger partial charge in [0, 0.05) is 6.04 Å². The van der Waals surface area contributed by atoms with Gasteiger partial charge in [0.15, 0.2) is 0 Å². The van der Waals surface area contributed by atoms with Crippen molar-refractivity contribution in [2.24, 2.45) is 0 Å². The summed E-state index contributed by atoms with van der Waals surface area (Å²) in [6, 6.07) is 0.734. The Morgan fingerprint density at radius 1 is 0.667 bits per heavy atom. The zero-order valence-corrected chi connectivity index (χ0v) is 12.9. The molecule has 0 fully saturated rings. The topological polar surface area (TPSA) is 36.1 Å². The fourth-order valence-electron chi connectivity index (χ4n) is 2.27. The third-order valence-corrected chi connectivity index (χ3v) is 3.31. The Morgan fingerprint density at radius 2 is 1.17 bits per heavy atom. The first kappa shape index (κ1) is 17.9. The Hall–Kier alpha value is -0.120. The molecule has 0 aromatic carbocycles. The molecule has 0 spiro atoms. The van der Waals surface area contributed by atoms with Gasteiger partial charge in [0.1, 0.15) is 0 Å². The molecule has 0 aliphatic heterocycles. The van der Waals surface area contributed by atoms with Gasteiger partial charge in [0.05, 0.1) is 0 Å². The second kappa shape index (κ2) is 14.9. The number of nitrogens with one attached hydrogen (secondary N) is 3. The molecule has 0 saturated carbocycles. The van der Waals surface area contributed by atoms with Crippen LogP contribution < -0.4 is 16.0 Å². The summed E-state index contributed by atoms with van der Waals surface area (Å²) in [7, 11) is 0. The van der Waals surface area contributed by atoms with Gasteiger partial charge in [-0.25, -0.2) is 0 Å². The SMILES string of the molecule is CCNCCCCC(CCCCNCC)NCC. The van der Waals surface area contributed by atoms with Crippen molar-refractivity contribution >= 4 is 0 Å². The summed E-state index contributed by atoms with van der Waals surface area (Å²) in [5.41, 5.74) is 0. The van der Waals surface area contributed by atoms with Crippen LogP contribution in [-0.4, -0.2) is 38.8 Å². The van der Waals surface area contributed by atoms with Gasteiger partial charge < -0.3 is 16.0 Å². The third-order valence-electron chi connectivity index (χ3n) is 3.31. The van der Waals surface area contributed by atoms with Crippen LogP contribution in [0.15, 0.2) is 0 Å². The van der Waals surface area contributed by atoms with Crippen molar-refractivity contribution in [2.75, 3.05) is 32.7 Å². The highest BCUT2D eigenvalue weighted by Gasteiger charge is 2.06. The highest BCUT2D eigenvalue weighted by atomic mass is 14.9.